The first-order chi connectivity index (χ1) is 20.0. The number of benzene rings is 4. The zero-order valence-electron chi connectivity index (χ0n) is 24.5. The number of hydrogen-bond donors (Lipinski definition) is 0. The van der Waals surface area contributed by atoms with E-state index in [1.54, 1.807) is 6.92 Å². The number of hydrogen-bond acceptors (Lipinski definition) is 5. The summed E-state index contributed by atoms with van der Waals surface area (Å²) < 4.78 is 11.1. The number of para-hydroxylation sites is 1. The first-order valence-electron chi connectivity index (χ1n) is 14.3. The van der Waals surface area contributed by atoms with Gasteiger partial charge in [0.05, 0.1) is 12.7 Å². The molecule has 0 radical (unpaired) electrons. The first kappa shape index (κ1) is 32.6. The quantitative estimate of drug-likeness (QED) is 0.105. The molecule has 0 atom stereocenters. The van der Waals surface area contributed by atoms with Crippen LogP contribution in [0.5, 0.6) is 5.75 Å². The van der Waals surface area contributed by atoms with E-state index < -0.39 is 0 Å². The van der Waals surface area contributed by atoms with Crippen LogP contribution in [0, 0.1) is 0 Å². The van der Waals surface area contributed by atoms with Crippen molar-refractivity contribution in [3.63, 3.8) is 0 Å². The van der Waals surface area contributed by atoms with Gasteiger partial charge in [-0.05, 0) is 78.7 Å². The molecule has 0 unspecified atom stereocenters. The highest BCUT2D eigenvalue weighted by atomic mass is 35.5. The second-order valence-corrected chi connectivity index (χ2v) is 10.3. The maximum Gasteiger partial charge on any atom is 0.337 e. The minimum Gasteiger partial charge on any atom is -0.489 e. The van der Waals surface area contributed by atoms with Gasteiger partial charge in [0.25, 0.3) is 0 Å². The van der Waals surface area contributed by atoms with E-state index in [4.69, 9.17) is 9.47 Å². The fourth-order valence-electron chi connectivity index (χ4n) is 4.82. The molecule has 220 valence electrons. The summed E-state index contributed by atoms with van der Waals surface area (Å²) in [6.45, 7) is 4.66. The molecule has 4 rings (SSSR count). The van der Waals surface area contributed by atoms with Crippen LogP contribution in [0.3, 0.4) is 0 Å². The van der Waals surface area contributed by atoms with E-state index in [2.05, 4.69) is 65.6 Å². The second kappa shape index (κ2) is 17.1. The molecule has 42 heavy (non-hydrogen) atoms. The number of ketones is 1. The third-order valence-electron chi connectivity index (χ3n) is 7.16. The minimum absolute atomic E-state index is 0. The highest BCUT2D eigenvalue weighted by Crippen LogP contribution is 2.23. The van der Waals surface area contributed by atoms with Crippen molar-refractivity contribution in [1.82, 2.24) is 4.90 Å². The van der Waals surface area contributed by atoms with Gasteiger partial charge in [0.15, 0.2) is 0 Å². The molecule has 0 saturated heterocycles. The van der Waals surface area contributed by atoms with Gasteiger partial charge < -0.3 is 14.3 Å². The van der Waals surface area contributed by atoms with Crippen LogP contribution in [-0.4, -0.2) is 36.9 Å². The van der Waals surface area contributed by atoms with Gasteiger partial charge in [-0.1, -0.05) is 84.9 Å². The molecule has 0 aliphatic rings. The van der Waals surface area contributed by atoms with Crippen molar-refractivity contribution in [2.24, 2.45) is 0 Å². The molecule has 0 fully saturated rings. The van der Waals surface area contributed by atoms with E-state index in [1.165, 1.54) is 23.8 Å². The third kappa shape index (κ3) is 10.2. The van der Waals surface area contributed by atoms with Gasteiger partial charge in [-0.15, -0.1) is 12.4 Å². The molecule has 0 aromatic heterocycles. The molecule has 0 N–H and O–H groups in total. The van der Waals surface area contributed by atoms with Crippen molar-refractivity contribution in [3.05, 3.63) is 125 Å². The van der Waals surface area contributed by atoms with Crippen LogP contribution < -0.4 is 4.74 Å². The Kier molecular flexibility index (Phi) is 13.3. The van der Waals surface area contributed by atoms with Gasteiger partial charge in [-0.2, -0.15) is 0 Å². The van der Waals surface area contributed by atoms with E-state index in [0.717, 1.165) is 55.8 Å². The summed E-state index contributed by atoms with van der Waals surface area (Å²) in [7, 11) is 1.39. The lowest BCUT2D eigenvalue weighted by molar-refractivity contribution is -0.117. The van der Waals surface area contributed by atoms with Crippen LogP contribution in [0.25, 0.3) is 11.1 Å². The van der Waals surface area contributed by atoms with E-state index in [9.17, 15) is 9.59 Å². The summed E-state index contributed by atoms with van der Waals surface area (Å²) in [5, 5.41) is 0. The SMILES string of the molecule is COC(=O)c1ccc(CN(CCCCC(C)=O)CCc2ccccc2OCc2ccc(-c3ccccc3)cc2)cc1.Cl. The van der Waals surface area contributed by atoms with E-state index in [1.807, 2.05) is 42.5 Å². The average Bonchev–Trinajstić information content (AvgIpc) is 3.01. The van der Waals surface area contributed by atoms with Crippen molar-refractivity contribution in [3.8, 4) is 16.9 Å². The highest BCUT2D eigenvalue weighted by molar-refractivity contribution is 5.89. The fraction of sp³-hybridized carbons (Fsp3) is 0.278. The predicted octanol–water partition coefficient (Wildman–Crippen LogP) is 7.95. The standard InChI is InChI=1S/C36H39NO4.ClH/c1-28(38)10-8-9-24-37(26-29-15-21-34(22-16-29)36(39)40-2)25-23-33-13-6-7-14-35(33)41-27-30-17-19-32(20-18-30)31-11-4-3-5-12-31;/h3-7,11-22H,8-10,23-27H2,1-2H3;1H. The molecule has 5 nitrogen and oxygen atoms in total. The summed E-state index contributed by atoms with van der Waals surface area (Å²) in [5.41, 5.74) is 6.37. The first-order valence-corrected chi connectivity index (χ1v) is 14.3. The van der Waals surface area contributed by atoms with Crippen molar-refractivity contribution >= 4 is 24.2 Å². The number of esters is 1. The number of halogens is 1. The highest BCUT2D eigenvalue weighted by Gasteiger charge is 2.11. The minimum atomic E-state index is -0.332. The van der Waals surface area contributed by atoms with E-state index in [0.29, 0.717) is 18.6 Å². The number of methoxy groups -OCH3 is 1. The molecule has 0 aliphatic heterocycles. The number of carbonyl (C=O) groups excluding carboxylic acids is 2. The lowest BCUT2D eigenvalue weighted by Gasteiger charge is -2.23. The zero-order chi connectivity index (χ0) is 28.9. The predicted molar refractivity (Wildman–Crippen MR) is 171 cm³/mol. The summed E-state index contributed by atoms with van der Waals surface area (Å²) >= 11 is 0. The molecule has 6 heteroatoms. The Bertz CT molecular complexity index is 1390. The molecule has 4 aromatic rings. The lowest BCUT2D eigenvalue weighted by Crippen LogP contribution is -2.27. The van der Waals surface area contributed by atoms with E-state index >= 15 is 0 Å². The molecule has 4 aromatic carbocycles. The van der Waals surface area contributed by atoms with Gasteiger partial charge >= 0.3 is 5.97 Å². The Hall–Kier alpha value is -3.93. The van der Waals surface area contributed by atoms with Crippen LogP contribution in [0.1, 0.15) is 53.2 Å². The number of nitrogens with zero attached hydrogens (tertiary/aromatic N) is 1. The number of carbonyl (C=O) groups is 2. The van der Waals surface area contributed by atoms with E-state index in [-0.39, 0.29) is 24.2 Å². The summed E-state index contributed by atoms with van der Waals surface area (Å²) in [4.78, 5) is 25.6. The van der Waals surface area contributed by atoms with Crippen molar-refractivity contribution in [2.75, 3.05) is 20.2 Å². The molecule has 0 bridgehead atoms. The van der Waals surface area contributed by atoms with Crippen molar-refractivity contribution in [1.29, 1.82) is 0 Å². The third-order valence-corrected chi connectivity index (χ3v) is 7.16. The molecule has 0 amide bonds. The Balaban J connectivity index is 0.00000484. The van der Waals surface area contributed by atoms with Crippen LogP contribution in [-0.2, 0) is 29.1 Å². The maximum absolute atomic E-state index is 11.8. The van der Waals surface area contributed by atoms with Gasteiger partial charge in [0.1, 0.15) is 18.1 Å². The molecular weight excluding hydrogens is 546 g/mol. The molecular formula is C36H40ClNO4. The molecule has 0 aliphatic carbocycles. The largest absolute Gasteiger partial charge is 0.489 e. The second-order valence-electron chi connectivity index (χ2n) is 10.3. The Morgan fingerprint density at radius 3 is 2.05 bits per heavy atom. The number of ether oxygens (including phenoxy) is 2. The molecule has 0 heterocycles. The monoisotopic (exact) mass is 585 g/mol. The van der Waals surface area contributed by atoms with Gasteiger partial charge in [-0.25, -0.2) is 4.79 Å². The topological polar surface area (TPSA) is 55.8 Å². The molecule has 0 saturated carbocycles. The maximum atomic E-state index is 11.8. The van der Waals surface area contributed by atoms with Gasteiger partial charge in [0, 0.05) is 19.5 Å². The van der Waals surface area contributed by atoms with Crippen LogP contribution in [0.15, 0.2) is 103 Å². The van der Waals surface area contributed by atoms with Gasteiger partial charge in [-0.3, -0.25) is 4.90 Å². The van der Waals surface area contributed by atoms with Crippen molar-refractivity contribution < 1.29 is 19.1 Å². The van der Waals surface area contributed by atoms with Crippen LogP contribution in [0.4, 0.5) is 0 Å². The molecule has 0 spiro atoms. The normalized spacial score (nSPS) is 10.6. The Morgan fingerprint density at radius 2 is 1.36 bits per heavy atom. The van der Waals surface area contributed by atoms with Gasteiger partial charge in [0.2, 0.25) is 0 Å². The average molecular weight is 586 g/mol. The summed E-state index contributed by atoms with van der Waals surface area (Å²) in [6.07, 6.45) is 3.30. The number of Topliss-reactive ketones (excluding diaryl/α,β-unsaturated/α-hetero) is 1. The Morgan fingerprint density at radius 1 is 0.714 bits per heavy atom. The zero-order valence-corrected chi connectivity index (χ0v) is 25.3. The number of unbranched alkanes of at least 4 members (excludes halogenated alkanes) is 1. The van der Waals surface area contributed by atoms with Crippen LogP contribution >= 0.6 is 12.4 Å². The lowest BCUT2D eigenvalue weighted by atomic mass is 10.0. The smallest absolute Gasteiger partial charge is 0.337 e. The van der Waals surface area contributed by atoms with Crippen molar-refractivity contribution in [2.45, 2.75) is 45.8 Å². The fourth-order valence-corrected chi connectivity index (χ4v) is 4.82. The Labute approximate surface area is 255 Å². The number of rotatable bonds is 15. The van der Waals surface area contributed by atoms with Crippen LogP contribution in [0.2, 0.25) is 0 Å². The summed E-state index contributed by atoms with van der Waals surface area (Å²) in [5.74, 6) is 0.802. The summed E-state index contributed by atoms with van der Waals surface area (Å²) in [6, 6.07) is 34.7.